The molecule has 0 saturated carbocycles. The van der Waals surface area contributed by atoms with Crippen molar-refractivity contribution in [3.8, 4) is 5.88 Å². The molecule has 3 N–H and O–H groups in total. The number of aromatic nitrogens is 3. The minimum absolute atomic E-state index is 0.0878. The SMILES string of the molecule is CCC1C(COc2nccc3cc(C(N)=O)c4nccn4c23)NC(=O)C1F. The summed E-state index contributed by atoms with van der Waals surface area (Å²) in [6, 6.07) is 2.94. The van der Waals surface area contributed by atoms with E-state index in [9.17, 15) is 14.0 Å². The van der Waals surface area contributed by atoms with Crippen LogP contribution in [0.5, 0.6) is 5.88 Å². The maximum absolute atomic E-state index is 14.0. The molecule has 9 heteroatoms. The summed E-state index contributed by atoms with van der Waals surface area (Å²) in [5.74, 6) is -1.33. The van der Waals surface area contributed by atoms with Gasteiger partial charge in [-0.1, -0.05) is 6.92 Å². The van der Waals surface area contributed by atoms with Crippen molar-refractivity contribution in [2.75, 3.05) is 6.61 Å². The lowest BCUT2D eigenvalue weighted by Crippen LogP contribution is -2.35. The Bertz CT molecular complexity index is 1050. The molecule has 1 saturated heterocycles. The summed E-state index contributed by atoms with van der Waals surface area (Å²) in [6.45, 7) is 1.92. The summed E-state index contributed by atoms with van der Waals surface area (Å²) in [6.07, 6.45) is 3.78. The van der Waals surface area contributed by atoms with E-state index in [4.69, 9.17) is 10.5 Å². The fraction of sp³-hybridized carbons (Fsp3) is 0.333. The summed E-state index contributed by atoms with van der Waals surface area (Å²) in [5, 5.41) is 3.33. The molecule has 3 unspecified atom stereocenters. The molecule has 4 heterocycles. The molecule has 1 aliphatic rings. The lowest BCUT2D eigenvalue weighted by Gasteiger charge is -2.19. The molecule has 3 aromatic rings. The van der Waals surface area contributed by atoms with E-state index in [1.165, 1.54) is 0 Å². The van der Waals surface area contributed by atoms with E-state index >= 15 is 0 Å². The molecule has 3 aromatic heterocycles. The van der Waals surface area contributed by atoms with Crippen LogP contribution in [0.15, 0.2) is 30.7 Å². The number of ether oxygens (including phenoxy) is 1. The molecule has 0 radical (unpaired) electrons. The average molecular weight is 371 g/mol. The molecule has 0 aromatic carbocycles. The summed E-state index contributed by atoms with van der Waals surface area (Å²) >= 11 is 0. The average Bonchev–Trinajstić information content (AvgIpc) is 3.24. The van der Waals surface area contributed by atoms with E-state index in [0.717, 1.165) is 0 Å². The molecule has 3 atom stereocenters. The Morgan fingerprint density at radius 2 is 2.22 bits per heavy atom. The summed E-state index contributed by atoms with van der Waals surface area (Å²) < 4.78 is 21.5. The number of carbonyl (C=O) groups excluding carboxylic acids is 2. The quantitative estimate of drug-likeness (QED) is 0.700. The number of alkyl halides is 1. The number of nitrogens with two attached hydrogens (primary N) is 1. The van der Waals surface area contributed by atoms with Gasteiger partial charge >= 0.3 is 0 Å². The number of carbonyl (C=O) groups is 2. The maximum Gasteiger partial charge on any atom is 0.255 e. The van der Waals surface area contributed by atoms with Crippen LogP contribution in [0, 0.1) is 5.92 Å². The second-order valence-corrected chi connectivity index (χ2v) is 6.50. The molecular weight excluding hydrogens is 353 g/mol. The van der Waals surface area contributed by atoms with Crippen molar-refractivity contribution in [2.24, 2.45) is 11.7 Å². The Kier molecular flexibility index (Phi) is 4.14. The van der Waals surface area contributed by atoms with Crippen molar-refractivity contribution >= 4 is 28.4 Å². The number of pyridine rings is 2. The third kappa shape index (κ3) is 2.75. The standard InChI is InChI=1S/C18H18FN5O3/c1-2-10-12(23-17(26)13(10)19)8-27-18-14-9(3-4-22-18)7-11(15(20)25)16-21-5-6-24(14)16/h3-7,10,12-13H,2,8H2,1H3,(H2,20,25)(H,23,26). The predicted molar refractivity (Wildman–Crippen MR) is 95.1 cm³/mol. The molecular formula is C18H18FN5O3. The third-order valence-corrected chi connectivity index (χ3v) is 4.95. The number of hydrogen-bond acceptors (Lipinski definition) is 5. The van der Waals surface area contributed by atoms with E-state index in [1.807, 2.05) is 6.92 Å². The van der Waals surface area contributed by atoms with Crippen molar-refractivity contribution < 1.29 is 18.7 Å². The third-order valence-electron chi connectivity index (χ3n) is 4.95. The van der Waals surface area contributed by atoms with Crippen LogP contribution in [0.3, 0.4) is 0 Å². The molecule has 8 nitrogen and oxygen atoms in total. The molecule has 1 fully saturated rings. The van der Waals surface area contributed by atoms with Crippen LogP contribution in [0.25, 0.3) is 16.6 Å². The number of nitrogens with one attached hydrogen (secondary N) is 1. The van der Waals surface area contributed by atoms with E-state index < -0.39 is 29.9 Å². The van der Waals surface area contributed by atoms with Gasteiger partial charge in [-0.25, -0.2) is 14.4 Å². The first-order valence-electron chi connectivity index (χ1n) is 8.63. The largest absolute Gasteiger partial charge is 0.474 e. The van der Waals surface area contributed by atoms with Crippen LogP contribution >= 0.6 is 0 Å². The lowest BCUT2D eigenvalue weighted by atomic mass is 9.97. The highest BCUT2D eigenvalue weighted by Gasteiger charge is 2.41. The van der Waals surface area contributed by atoms with Gasteiger partial charge in [-0.3, -0.25) is 14.0 Å². The van der Waals surface area contributed by atoms with Gasteiger partial charge in [0.05, 0.1) is 11.6 Å². The molecule has 27 heavy (non-hydrogen) atoms. The second-order valence-electron chi connectivity index (χ2n) is 6.50. The zero-order valence-corrected chi connectivity index (χ0v) is 14.6. The van der Waals surface area contributed by atoms with Crippen LogP contribution in [0.1, 0.15) is 23.7 Å². The number of amides is 2. The van der Waals surface area contributed by atoms with E-state index in [1.54, 1.807) is 35.1 Å². The monoisotopic (exact) mass is 371 g/mol. The molecule has 2 amide bonds. The minimum atomic E-state index is -1.53. The number of fused-ring (bicyclic) bond motifs is 3. The van der Waals surface area contributed by atoms with Crippen LogP contribution in [-0.4, -0.2) is 45.0 Å². The number of hydrogen-bond donors (Lipinski definition) is 2. The zero-order chi connectivity index (χ0) is 19.1. The van der Waals surface area contributed by atoms with Gasteiger partial charge in [0.2, 0.25) is 5.88 Å². The van der Waals surface area contributed by atoms with Crippen LogP contribution in [0.2, 0.25) is 0 Å². The van der Waals surface area contributed by atoms with Crippen LogP contribution in [-0.2, 0) is 4.79 Å². The second kappa shape index (κ2) is 6.49. The first-order chi connectivity index (χ1) is 13.0. The van der Waals surface area contributed by atoms with Gasteiger partial charge in [0.15, 0.2) is 6.17 Å². The number of rotatable bonds is 5. The summed E-state index contributed by atoms with van der Waals surface area (Å²) in [4.78, 5) is 31.8. The Morgan fingerprint density at radius 1 is 1.41 bits per heavy atom. The van der Waals surface area contributed by atoms with Crippen LogP contribution in [0.4, 0.5) is 4.39 Å². The fourth-order valence-electron chi connectivity index (χ4n) is 3.59. The smallest absolute Gasteiger partial charge is 0.255 e. The Balaban J connectivity index is 1.72. The first-order valence-corrected chi connectivity index (χ1v) is 8.63. The normalized spacial score (nSPS) is 22.3. The Hall–Kier alpha value is -3.23. The minimum Gasteiger partial charge on any atom is -0.474 e. The predicted octanol–water partition coefficient (Wildman–Crippen LogP) is 1.22. The van der Waals surface area contributed by atoms with Crippen molar-refractivity contribution in [1.82, 2.24) is 19.7 Å². The number of imidazole rings is 1. The van der Waals surface area contributed by atoms with Gasteiger partial charge in [-0.2, -0.15) is 0 Å². The molecule has 1 aliphatic heterocycles. The van der Waals surface area contributed by atoms with Crippen molar-refractivity contribution in [3.63, 3.8) is 0 Å². The Labute approximate surface area is 153 Å². The zero-order valence-electron chi connectivity index (χ0n) is 14.6. The highest BCUT2D eigenvalue weighted by Crippen LogP contribution is 2.28. The lowest BCUT2D eigenvalue weighted by molar-refractivity contribution is -0.123. The molecule has 0 bridgehead atoms. The van der Waals surface area contributed by atoms with Crippen molar-refractivity contribution in [1.29, 1.82) is 0 Å². The van der Waals surface area contributed by atoms with Crippen molar-refractivity contribution in [2.45, 2.75) is 25.6 Å². The topological polar surface area (TPSA) is 112 Å². The van der Waals surface area contributed by atoms with E-state index in [0.29, 0.717) is 34.4 Å². The van der Waals surface area contributed by atoms with E-state index in [-0.39, 0.29) is 6.61 Å². The first kappa shape index (κ1) is 17.2. The molecule has 0 spiro atoms. The summed E-state index contributed by atoms with van der Waals surface area (Å²) in [7, 11) is 0. The highest BCUT2D eigenvalue weighted by molar-refractivity contribution is 6.03. The maximum atomic E-state index is 14.0. The van der Waals surface area contributed by atoms with Gasteiger partial charge in [-0.15, -0.1) is 0 Å². The number of nitrogens with zero attached hydrogens (tertiary/aromatic N) is 3. The van der Waals surface area contributed by atoms with Gasteiger partial charge in [0.1, 0.15) is 17.8 Å². The highest BCUT2D eigenvalue weighted by atomic mass is 19.1. The number of halogens is 1. The van der Waals surface area contributed by atoms with E-state index in [2.05, 4.69) is 15.3 Å². The Morgan fingerprint density at radius 3 is 2.96 bits per heavy atom. The molecule has 140 valence electrons. The van der Waals surface area contributed by atoms with Crippen molar-refractivity contribution in [3.05, 3.63) is 36.3 Å². The molecule has 4 rings (SSSR count). The van der Waals surface area contributed by atoms with Gasteiger partial charge < -0.3 is 15.8 Å². The van der Waals surface area contributed by atoms with Crippen LogP contribution < -0.4 is 15.8 Å². The molecule has 0 aliphatic carbocycles. The van der Waals surface area contributed by atoms with Gasteiger partial charge in [0.25, 0.3) is 11.8 Å². The van der Waals surface area contributed by atoms with Gasteiger partial charge in [0, 0.05) is 29.9 Å². The summed E-state index contributed by atoms with van der Waals surface area (Å²) in [5.41, 5.74) is 6.76. The van der Waals surface area contributed by atoms with Gasteiger partial charge in [-0.05, 0) is 18.6 Å². The number of primary amides is 1. The fourth-order valence-corrected chi connectivity index (χ4v) is 3.59.